The second-order valence-electron chi connectivity index (χ2n) is 6.21. The smallest absolute Gasteiger partial charge is 0.339 e. The summed E-state index contributed by atoms with van der Waals surface area (Å²) in [5.74, 6) is 2.24. The molecule has 2 amide bonds. The van der Waals surface area contributed by atoms with Gasteiger partial charge in [0, 0.05) is 18.2 Å². The maximum atomic E-state index is 12.4. The van der Waals surface area contributed by atoms with Crippen LogP contribution >= 0.6 is 0 Å². The van der Waals surface area contributed by atoms with Crippen molar-refractivity contribution in [2.24, 2.45) is 0 Å². The van der Waals surface area contributed by atoms with E-state index in [0.717, 1.165) is 0 Å². The van der Waals surface area contributed by atoms with Gasteiger partial charge in [-0.1, -0.05) is 0 Å². The fraction of sp³-hybridized carbons (Fsp3) is 0.368. The van der Waals surface area contributed by atoms with Gasteiger partial charge in [-0.25, -0.2) is 9.59 Å². The number of ether oxygens (including phenoxy) is 4. The highest BCUT2D eigenvalue weighted by Gasteiger charge is 2.32. The van der Waals surface area contributed by atoms with Crippen molar-refractivity contribution in [3.05, 3.63) is 40.4 Å². The molecule has 0 atom stereocenters. The van der Waals surface area contributed by atoms with E-state index in [1.54, 1.807) is 30.0 Å². The van der Waals surface area contributed by atoms with Gasteiger partial charge in [0.2, 0.25) is 5.75 Å². The minimum Gasteiger partial charge on any atom is -0.493 e. The standard InChI is InChI=1S/C19H22N2O7/c1-11-5-13(8-17(22)27-11)28-14-9-21(10-14)19(23)20-12-6-15(24-2)18(26-4)16(7-12)25-3/h5-8,14H,9-10H2,1-4H3,(H,20,23). The molecule has 1 saturated heterocycles. The average molecular weight is 390 g/mol. The second kappa shape index (κ2) is 8.12. The van der Waals surface area contributed by atoms with Crippen LogP contribution < -0.4 is 29.9 Å². The molecule has 9 nitrogen and oxygen atoms in total. The van der Waals surface area contributed by atoms with E-state index in [2.05, 4.69) is 5.32 Å². The zero-order valence-corrected chi connectivity index (χ0v) is 16.1. The predicted octanol–water partition coefficient (Wildman–Crippen LogP) is 2.27. The van der Waals surface area contributed by atoms with Crippen LogP contribution in [0.5, 0.6) is 23.0 Å². The monoisotopic (exact) mass is 390 g/mol. The summed E-state index contributed by atoms with van der Waals surface area (Å²) in [6, 6.07) is 5.95. The van der Waals surface area contributed by atoms with E-state index in [-0.39, 0.29) is 12.1 Å². The number of nitrogens with zero attached hydrogens (tertiary/aromatic N) is 1. The molecule has 28 heavy (non-hydrogen) atoms. The summed E-state index contributed by atoms with van der Waals surface area (Å²) in [6.45, 7) is 2.47. The summed E-state index contributed by atoms with van der Waals surface area (Å²) in [4.78, 5) is 25.4. The van der Waals surface area contributed by atoms with Gasteiger partial charge in [0.25, 0.3) is 0 Å². The van der Waals surface area contributed by atoms with Crippen molar-refractivity contribution < 1.29 is 28.2 Å². The minimum atomic E-state index is -0.466. The second-order valence-corrected chi connectivity index (χ2v) is 6.21. The van der Waals surface area contributed by atoms with Crippen LogP contribution in [0.4, 0.5) is 10.5 Å². The highest BCUT2D eigenvalue weighted by molar-refractivity contribution is 5.90. The maximum absolute atomic E-state index is 12.4. The van der Waals surface area contributed by atoms with E-state index < -0.39 is 5.63 Å². The molecule has 1 aliphatic rings. The Morgan fingerprint density at radius 2 is 1.71 bits per heavy atom. The molecule has 150 valence electrons. The van der Waals surface area contributed by atoms with Crippen molar-refractivity contribution in [1.82, 2.24) is 4.90 Å². The van der Waals surface area contributed by atoms with Crippen molar-refractivity contribution in [2.75, 3.05) is 39.7 Å². The Labute approximate surface area is 161 Å². The summed E-state index contributed by atoms with van der Waals surface area (Å²) >= 11 is 0. The molecule has 1 fully saturated rings. The zero-order chi connectivity index (χ0) is 20.3. The van der Waals surface area contributed by atoms with Gasteiger partial charge in [-0.2, -0.15) is 0 Å². The van der Waals surface area contributed by atoms with E-state index in [0.29, 0.717) is 47.5 Å². The number of hydrogen-bond acceptors (Lipinski definition) is 7. The molecule has 2 aromatic rings. The largest absolute Gasteiger partial charge is 0.493 e. The topological polar surface area (TPSA) is 99.5 Å². The first kappa shape index (κ1) is 19.4. The quantitative estimate of drug-likeness (QED) is 0.808. The number of rotatable bonds is 6. The molecule has 2 heterocycles. The molecule has 0 bridgehead atoms. The Balaban J connectivity index is 1.60. The van der Waals surface area contributed by atoms with Gasteiger partial charge in [-0.15, -0.1) is 0 Å². The lowest BCUT2D eigenvalue weighted by Crippen LogP contribution is -2.57. The number of carbonyl (C=O) groups excluding carboxylic acids is 1. The summed E-state index contributed by atoms with van der Waals surface area (Å²) in [7, 11) is 4.52. The van der Waals surface area contributed by atoms with Gasteiger partial charge in [0.1, 0.15) is 17.6 Å². The number of likely N-dealkylation sites (tertiary alicyclic amines) is 1. The highest BCUT2D eigenvalue weighted by atomic mass is 16.5. The van der Waals surface area contributed by atoms with Gasteiger partial charge < -0.3 is 33.6 Å². The van der Waals surface area contributed by atoms with Gasteiger partial charge in [0.15, 0.2) is 11.5 Å². The lowest BCUT2D eigenvalue weighted by Gasteiger charge is -2.38. The van der Waals surface area contributed by atoms with E-state index in [1.165, 1.54) is 27.4 Å². The molecule has 9 heteroatoms. The van der Waals surface area contributed by atoms with Crippen LogP contribution in [0.15, 0.2) is 33.5 Å². The lowest BCUT2D eigenvalue weighted by atomic mass is 10.2. The number of benzene rings is 1. The lowest BCUT2D eigenvalue weighted by molar-refractivity contribution is 0.0487. The van der Waals surface area contributed by atoms with E-state index in [9.17, 15) is 9.59 Å². The number of methoxy groups -OCH3 is 3. The van der Waals surface area contributed by atoms with Crippen LogP contribution in [0.1, 0.15) is 5.76 Å². The Morgan fingerprint density at radius 3 is 2.25 bits per heavy atom. The van der Waals surface area contributed by atoms with Crippen LogP contribution in [-0.2, 0) is 0 Å². The number of amides is 2. The summed E-state index contributed by atoms with van der Waals surface area (Å²) < 4.78 is 26.4. The normalized spacial score (nSPS) is 13.5. The molecule has 0 spiro atoms. The molecule has 0 saturated carbocycles. The van der Waals surface area contributed by atoms with Crippen molar-refractivity contribution >= 4 is 11.7 Å². The summed E-state index contributed by atoms with van der Waals surface area (Å²) in [6.07, 6.45) is -0.188. The number of anilines is 1. The molecular formula is C19H22N2O7. The van der Waals surface area contributed by atoms with Crippen molar-refractivity contribution in [1.29, 1.82) is 0 Å². The molecule has 0 radical (unpaired) electrons. The third kappa shape index (κ3) is 4.13. The molecule has 1 aliphatic heterocycles. The number of urea groups is 1. The number of aryl methyl sites for hydroxylation is 1. The van der Waals surface area contributed by atoms with Crippen molar-refractivity contribution in [2.45, 2.75) is 13.0 Å². The Hall–Kier alpha value is -3.36. The molecule has 1 aromatic carbocycles. The van der Waals surface area contributed by atoms with Gasteiger partial charge in [0.05, 0.1) is 46.2 Å². The molecule has 1 N–H and O–H groups in total. The fourth-order valence-corrected chi connectivity index (χ4v) is 2.87. The van der Waals surface area contributed by atoms with Gasteiger partial charge >= 0.3 is 11.7 Å². The van der Waals surface area contributed by atoms with E-state index in [4.69, 9.17) is 23.4 Å². The average Bonchev–Trinajstić information content (AvgIpc) is 2.62. The fourth-order valence-electron chi connectivity index (χ4n) is 2.87. The predicted molar refractivity (Wildman–Crippen MR) is 101 cm³/mol. The number of hydrogen-bond donors (Lipinski definition) is 1. The Morgan fingerprint density at radius 1 is 1.07 bits per heavy atom. The minimum absolute atomic E-state index is 0.188. The van der Waals surface area contributed by atoms with E-state index >= 15 is 0 Å². The van der Waals surface area contributed by atoms with Crippen LogP contribution in [0.3, 0.4) is 0 Å². The first-order valence-electron chi connectivity index (χ1n) is 8.58. The van der Waals surface area contributed by atoms with Crippen LogP contribution in [0, 0.1) is 6.92 Å². The summed E-state index contributed by atoms with van der Waals surface area (Å²) in [5.41, 5.74) is 0.0477. The van der Waals surface area contributed by atoms with Gasteiger partial charge in [-0.05, 0) is 6.92 Å². The Bertz CT molecular complexity index is 894. The number of carbonyl (C=O) groups is 1. The first-order chi connectivity index (χ1) is 13.4. The molecule has 0 aliphatic carbocycles. The molecular weight excluding hydrogens is 368 g/mol. The zero-order valence-electron chi connectivity index (χ0n) is 16.1. The SMILES string of the molecule is COc1cc(NC(=O)N2CC(Oc3cc(C)oc(=O)c3)C2)cc(OC)c1OC. The molecule has 1 aromatic heterocycles. The van der Waals surface area contributed by atoms with Crippen LogP contribution in [0.2, 0.25) is 0 Å². The van der Waals surface area contributed by atoms with E-state index in [1.807, 2.05) is 0 Å². The summed E-state index contributed by atoms with van der Waals surface area (Å²) in [5, 5.41) is 2.80. The highest BCUT2D eigenvalue weighted by Crippen LogP contribution is 2.40. The van der Waals surface area contributed by atoms with Crippen LogP contribution in [0.25, 0.3) is 0 Å². The van der Waals surface area contributed by atoms with Crippen molar-refractivity contribution in [3.8, 4) is 23.0 Å². The third-order valence-electron chi connectivity index (χ3n) is 4.22. The van der Waals surface area contributed by atoms with Crippen molar-refractivity contribution in [3.63, 3.8) is 0 Å². The number of nitrogens with one attached hydrogen (secondary N) is 1. The van der Waals surface area contributed by atoms with Crippen LogP contribution in [-0.4, -0.2) is 51.5 Å². The molecule has 0 unspecified atom stereocenters. The third-order valence-corrected chi connectivity index (χ3v) is 4.22. The first-order valence-corrected chi connectivity index (χ1v) is 8.58. The van der Waals surface area contributed by atoms with Gasteiger partial charge in [-0.3, -0.25) is 0 Å². The maximum Gasteiger partial charge on any atom is 0.339 e. The Kier molecular flexibility index (Phi) is 5.62. The molecule has 3 rings (SSSR count).